The van der Waals surface area contributed by atoms with Crippen molar-refractivity contribution in [2.24, 2.45) is 0 Å². The van der Waals surface area contributed by atoms with Crippen molar-refractivity contribution in [1.82, 2.24) is 0 Å². The van der Waals surface area contributed by atoms with Crippen LogP contribution in [0.15, 0.2) is 54.6 Å². The molecule has 20 heavy (non-hydrogen) atoms. The molecule has 0 aliphatic carbocycles. The number of hydrogen-bond acceptors (Lipinski definition) is 3. The van der Waals surface area contributed by atoms with Gasteiger partial charge in [0.1, 0.15) is 12.4 Å². The van der Waals surface area contributed by atoms with Gasteiger partial charge in [-0.3, -0.25) is 4.79 Å². The van der Waals surface area contributed by atoms with Gasteiger partial charge in [-0.2, -0.15) is 0 Å². The number of hydrogen-bond donors (Lipinski definition) is 2. The van der Waals surface area contributed by atoms with Crippen LogP contribution in [0.5, 0.6) is 5.75 Å². The quantitative estimate of drug-likeness (QED) is 0.848. The summed E-state index contributed by atoms with van der Waals surface area (Å²) in [7, 11) is 0. The molecule has 0 radical (unpaired) electrons. The number of carboxylic acid groups (broad SMARTS) is 1. The monoisotopic (exact) mass is 272 g/mol. The van der Waals surface area contributed by atoms with Crippen LogP contribution >= 0.6 is 0 Å². The normalized spacial score (nSPS) is 11.8. The number of carbonyl (C=O) groups is 1. The standard InChI is InChI=1S/C16H16O4/c17-15(10-16(18)19)13-7-4-8-14(9-13)20-11-12-5-2-1-3-6-12/h1-9,15,17H,10-11H2,(H,18,19). The minimum absolute atomic E-state index is 0.317. The molecule has 104 valence electrons. The second kappa shape index (κ2) is 6.73. The molecule has 0 spiro atoms. The lowest BCUT2D eigenvalue weighted by Gasteiger charge is -2.11. The first-order valence-corrected chi connectivity index (χ1v) is 6.31. The molecular formula is C16H16O4. The van der Waals surface area contributed by atoms with Crippen molar-refractivity contribution in [1.29, 1.82) is 0 Å². The van der Waals surface area contributed by atoms with Gasteiger partial charge in [0.2, 0.25) is 0 Å². The Bertz CT molecular complexity index is 566. The Morgan fingerprint density at radius 3 is 2.55 bits per heavy atom. The van der Waals surface area contributed by atoms with Gasteiger partial charge in [0.05, 0.1) is 12.5 Å². The fraction of sp³-hybridized carbons (Fsp3) is 0.188. The Hall–Kier alpha value is -2.33. The van der Waals surface area contributed by atoms with Crippen molar-refractivity contribution in [3.63, 3.8) is 0 Å². The van der Waals surface area contributed by atoms with Gasteiger partial charge in [0, 0.05) is 0 Å². The van der Waals surface area contributed by atoms with Gasteiger partial charge in [0.15, 0.2) is 0 Å². The number of benzene rings is 2. The van der Waals surface area contributed by atoms with Crippen LogP contribution in [-0.2, 0) is 11.4 Å². The number of rotatable bonds is 6. The van der Waals surface area contributed by atoms with E-state index in [4.69, 9.17) is 9.84 Å². The lowest BCUT2D eigenvalue weighted by atomic mass is 10.1. The van der Waals surface area contributed by atoms with Crippen molar-refractivity contribution in [3.05, 3.63) is 65.7 Å². The van der Waals surface area contributed by atoms with Crippen molar-refractivity contribution in [2.75, 3.05) is 0 Å². The van der Waals surface area contributed by atoms with Gasteiger partial charge in [0.25, 0.3) is 0 Å². The summed E-state index contributed by atoms with van der Waals surface area (Å²) in [6, 6.07) is 16.6. The van der Waals surface area contributed by atoms with Crippen molar-refractivity contribution in [2.45, 2.75) is 19.1 Å². The molecule has 2 aromatic rings. The van der Waals surface area contributed by atoms with Gasteiger partial charge in [-0.15, -0.1) is 0 Å². The third kappa shape index (κ3) is 4.10. The largest absolute Gasteiger partial charge is 0.489 e. The SMILES string of the molecule is O=C(O)CC(O)c1cccc(OCc2ccccc2)c1. The molecule has 1 unspecified atom stereocenters. The maximum atomic E-state index is 10.6. The van der Waals surface area contributed by atoms with Gasteiger partial charge in [-0.25, -0.2) is 0 Å². The Morgan fingerprint density at radius 1 is 1.10 bits per heavy atom. The third-order valence-corrected chi connectivity index (χ3v) is 2.86. The zero-order valence-electron chi connectivity index (χ0n) is 10.9. The van der Waals surface area contributed by atoms with Crippen molar-refractivity contribution in [3.8, 4) is 5.75 Å². The van der Waals surface area contributed by atoms with E-state index < -0.39 is 12.1 Å². The van der Waals surface area contributed by atoms with E-state index in [1.54, 1.807) is 24.3 Å². The predicted molar refractivity (Wildman–Crippen MR) is 74.4 cm³/mol. The molecule has 0 aromatic heterocycles. The van der Waals surface area contributed by atoms with Crippen LogP contribution in [0.3, 0.4) is 0 Å². The highest BCUT2D eigenvalue weighted by Gasteiger charge is 2.12. The highest BCUT2D eigenvalue weighted by molar-refractivity contribution is 5.67. The van der Waals surface area contributed by atoms with E-state index in [1.807, 2.05) is 30.3 Å². The van der Waals surface area contributed by atoms with Crippen LogP contribution in [0.4, 0.5) is 0 Å². The minimum atomic E-state index is -1.03. The predicted octanol–water partition coefficient (Wildman–Crippen LogP) is 2.77. The number of aliphatic hydroxyl groups is 1. The first-order valence-electron chi connectivity index (χ1n) is 6.31. The Balaban J connectivity index is 2.01. The molecule has 2 rings (SSSR count). The zero-order valence-corrected chi connectivity index (χ0v) is 10.9. The second-order valence-corrected chi connectivity index (χ2v) is 4.46. The van der Waals surface area contributed by atoms with Crippen molar-refractivity contribution < 1.29 is 19.7 Å². The molecule has 0 saturated heterocycles. The average Bonchev–Trinajstić information content (AvgIpc) is 2.46. The zero-order chi connectivity index (χ0) is 14.4. The van der Waals surface area contributed by atoms with E-state index in [0.29, 0.717) is 17.9 Å². The summed E-state index contributed by atoms with van der Waals surface area (Å²) < 4.78 is 5.63. The lowest BCUT2D eigenvalue weighted by molar-refractivity contribution is -0.139. The molecular weight excluding hydrogens is 256 g/mol. The van der Waals surface area contributed by atoms with Gasteiger partial charge in [-0.05, 0) is 23.3 Å². The smallest absolute Gasteiger partial charge is 0.306 e. The summed E-state index contributed by atoms with van der Waals surface area (Å²) >= 11 is 0. The van der Waals surface area contributed by atoms with Crippen LogP contribution in [0.25, 0.3) is 0 Å². The molecule has 4 heteroatoms. The minimum Gasteiger partial charge on any atom is -0.489 e. The molecule has 0 amide bonds. The van der Waals surface area contributed by atoms with Crippen LogP contribution in [0.1, 0.15) is 23.7 Å². The average molecular weight is 272 g/mol. The summed E-state index contributed by atoms with van der Waals surface area (Å²) in [5, 5.41) is 18.4. The lowest BCUT2D eigenvalue weighted by Crippen LogP contribution is -2.05. The highest BCUT2D eigenvalue weighted by Crippen LogP contribution is 2.22. The molecule has 0 aliphatic rings. The van der Waals surface area contributed by atoms with Gasteiger partial charge in [-0.1, -0.05) is 42.5 Å². The molecule has 4 nitrogen and oxygen atoms in total. The van der Waals surface area contributed by atoms with E-state index in [9.17, 15) is 9.90 Å². The van der Waals surface area contributed by atoms with E-state index in [1.165, 1.54) is 0 Å². The number of aliphatic carboxylic acids is 1. The first-order chi connectivity index (χ1) is 9.65. The van der Waals surface area contributed by atoms with E-state index in [2.05, 4.69) is 0 Å². The maximum Gasteiger partial charge on any atom is 0.306 e. The Morgan fingerprint density at radius 2 is 1.85 bits per heavy atom. The van der Waals surface area contributed by atoms with E-state index in [-0.39, 0.29) is 6.42 Å². The fourth-order valence-corrected chi connectivity index (χ4v) is 1.84. The Labute approximate surface area is 117 Å². The highest BCUT2D eigenvalue weighted by atomic mass is 16.5. The number of aliphatic hydroxyl groups excluding tert-OH is 1. The van der Waals surface area contributed by atoms with Gasteiger partial charge >= 0.3 is 5.97 Å². The molecule has 0 saturated carbocycles. The van der Waals surface area contributed by atoms with Crippen molar-refractivity contribution >= 4 is 5.97 Å². The summed E-state index contributed by atoms with van der Waals surface area (Å²) in [6.45, 7) is 0.430. The molecule has 0 bridgehead atoms. The topological polar surface area (TPSA) is 66.8 Å². The van der Waals surface area contributed by atoms with Crippen LogP contribution < -0.4 is 4.74 Å². The summed E-state index contributed by atoms with van der Waals surface area (Å²) in [6.07, 6.45) is -1.34. The molecule has 2 N–H and O–H groups in total. The summed E-state index contributed by atoms with van der Waals surface area (Å²) in [4.78, 5) is 10.6. The van der Waals surface area contributed by atoms with E-state index in [0.717, 1.165) is 5.56 Å². The second-order valence-electron chi connectivity index (χ2n) is 4.46. The van der Waals surface area contributed by atoms with Gasteiger partial charge < -0.3 is 14.9 Å². The summed E-state index contributed by atoms with van der Waals surface area (Å²) in [5.41, 5.74) is 1.59. The third-order valence-electron chi connectivity index (χ3n) is 2.86. The number of carboxylic acids is 1. The summed E-state index contributed by atoms with van der Waals surface area (Å²) in [5.74, 6) is -0.427. The first kappa shape index (κ1) is 14.1. The molecule has 0 aliphatic heterocycles. The number of ether oxygens (including phenoxy) is 1. The van der Waals surface area contributed by atoms with E-state index >= 15 is 0 Å². The molecule has 2 aromatic carbocycles. The maximum absolute atomic E-state index is 10.6. The fourth-order valence-electron chi connectivity index (χ4n) is 1.84. The molecule has 1 atom stereocenters. The molecule has 0 fully saturated rings. The van der Waals surface area contributed by atoms with Crippen LogP contribution in [0, 0.1) is 0 Å². The molecule has 0 heterocycles. The van der Waals surface area contributed by atoms with Crippen LogP contribution in [0.2, 0.25) is 0 Å². The Kier molecular flexibility index (Phi) is 4.74. The van der Waals surface area contributed by atoms with Crippen LogP contribution in [-0.4, -0.2) is 16.2 Å².